The number of carboxylic acids is 1. The number of nitrogens with zero attached hydrogens (tertiary/aromatic N) is 1. The third-order valence-corrected chi connectivity index (χ3v) is 3.80. The Kier molecular flexibility index (Phi) is 3.94. The summed E-state index contributed by atoms with van der Waals surface area (Å²) in [4.78, 5) is 15.3. The standard InChI is InChI=1S/C16H12F3NO3/c17-12-5-8(1-2-14(12)23-16(18)19)11-4-9-3-10(15(21)22)6-13(9)20-7-11/h1-2,4-5,7,10,16H,3,6H2,(H,21,22). The number of hydrogen-bond donors (Lipinski definition) is 1. The summed E-state index contributed by atoms with van der Waals surface area (Å²) in [6.07, 6.45) is 2.27. The second-order valence-electron chi connectivity index (χ2n) is 5.30. The number of benzene rings is 1. The number of carbonyl (C=O) groups is 1. The van der Waals surface area contributed by atoms with E-state index in [9.17, 15) is 18.0 Å². The number of rotatable bonds is 4. The predicted molar refractivity (Wildman–Crippen MR) is 74.8 cm³/mol. The van der Waals surface area contributed by atoms with E-state index in [0.717, 1.165) is 23.4 Å². The molecule has 1 atom stereocenters. The number of aromatic nitrogens is 1. The average Bonchev–Trinajstić information content (AvgIpc) is 2.92. The summed E-state index contributed by atoms with van der Waals surface area (Å²) in [6.45, 7) is -3.09. The second kappa shape index (κ2) is 5.91. The van der Waals surface area contributed by atoms with E-state index in [2.05, 4.69) is 9.72 Å². The van der Waals surface area contributed by atoms with Crippen molar-refractivity contribution in [3.63, 3.8) is 0 Å². The Labute approximate surface area is 129 Å². The number of fused-ring (bicyclic) bond motifs is 1. The predicted octanol–water partition coefficient (Wildman–Crippen LogP) is 3.29. The van der Waals surface area contributed by atoms with Crippen LogP contribution in [-0.2, 0) is 17.6 Å². The number of ether oxygens (including phenoxy) is 1. The molecule has 0 radical (unpaired) electrons. The number of halogens is 3. The lowest BCUT2D eigenvalue weighted by atomic mass is 10.0. The first-order valence-corrected chi connectivity index (χ1v) is 6.89. The molecule has 1 aliphatic rings. The van der Waals surface area contributed by atoms with Crippen LogP contribution in [0, 0.1) is 11.7 Å². The molecule has 23 heavy (non-hydrogen) atoms. The van der Waals surface area contributed by atoms with Gasteiger partial charge in [-0.15, -0.1) is 0 Å². The molecule has 1 N–H and O–H groups in total. The van der Waals surface area contributed by atoms with Crippen LogP contribution in [-0.4, -0.2) is 22.7 Å². The van der Waals surface area contributed by atoms with Gasteiger partial charge in [-0.25, -0.2) is 4.39 Å². The van der Waals surface area contributed by atoms with Gasteiger partial charge in [0.05, 0.1) is 5.92 Å². The van der Waals surface area contributed by atoms with Gasteiger partial charge in [-0.1, -0.05) is 6.07 Å². The largest absolute Gasteiger partial charge is 0.481 e. The molecule has 1 aliphatic carbocycles. The maximum absolute atomic E-state index is 13.8. The van der Waals surface area contributed by atoms with Gasteiger partial charge in [-0.05, 0) is 35.7 Å². The molecule has 0 bridgehead atoms. The van der Waals surface area contributed by atoms with Crippen molar-refractivity contribution >= 4 is 5.97 Å². The van der Waals surface area contributed by atoms with Crippen LogP contribution in [0.15, 0.2) is 30.5 Å². The smallest absolute Gasteiger partial charge is 0.387 e. The van der Waals surface area contributed by atoms with E-state index in [1.807, 2.05) is 0 Å². The molecule has 4 nitrogen and oxygen atoms in total. The van der Waals surface area contributed by atoms with E-state index in [-0.39, 0.29) is 0 Å². The highest BCUT2D eigenvalue weighted by atomic mass is 19.3. The van der Waals surface area contributed by atoms with E-state index in [1.165, 1.54) is 12.3 Å². The SMILES string of the molecule is O=C(O)C1Cc2cc(-c3ccc(OC(F)F)c(F)c3)cnc2C1. The molecule has 7 heteroatoms. The molecule has 0 aliphatic heterocycles. The van der Waals surface area contributed by atoms with Gasteiger partial charge in [0, 0.05) is 23.9 Å². The van der Waals surface area contributed by atoms with Gasteiger partial charge >= 0.3 is 12.6 Å². The Morgan fingerprint density at radius 3 is 2.70 bits per heavy atom. The number of aliphatic carboxylic acids is 1. The molecule has 1 aromatic heterocycles. The fraction of sp³-hybridized carbons (Fsp3) is 0.250. The van der Waals surface area contributed by atoms with Crippen LogP contribution in [0.1, 0.15) is 11.3 Å². The first-order valence-electron chi connectivity index (χ1n) is 6.89. The first kappa shape index (κ1) is 15.3. The van der Waals surface area contributed by atoms with Crippen LogP contribution in [0.3, 0.4) is 0 Å². The minimum absolute atomic E-state index is 0.375. The quantitative estimate of drug-likeness (QED) is 0.938. The summed E-state index contributed by atoms with van der Waals surface area (Å²) in [5, 5.41) is 9.06. The minimum Gasteiger partial charge on any atom is -0.481 e. The fourth-order valence-electron chi connectivity index (χ4n) is 2.67. The van der Waals surface area contributed by atoms with Crippen molar-refractivity contribution in [1.82, 2.24) is 4.98 Å². The summed E-state index contributed by atoms with van der Waals surface area (Å²) in [7, 11) is 0. The lowest BCUT2D eigenvalue weighted by Gasteiger charge is -2.08. The average molecular weight is 323 g/mol. The Balaban J connectivity index is 1.88. The van der Waals surface area contributed by atoms with Crippen molar-refractivity contribution < 1.29 is 27.8 Å². The van der Waals surface area contributed by atoms with Crippen LogP contribution in [0.5, 0.6) is 5.75 Å². The molecule has 0 fully saturated rings. The highest BCUT2D eigenvalue weighted by Gasteiger charge is 2.28. The first-order chi connectivity index (χ1) is 10.9. The maximum atomic E-state index is 13.8. The van der Waals surface area contributed by atoms with Gasteiger partial charge in [0.25, 0.3) is 0 Å². The topological polar surface area (TPSA) is 59.4 Å². The van der Waals surface area contributed by atoms with Gasteiger partial charge in [0.15, 0.2) is 11.6 Å². The highest BCUT2D eigenvalue weighted by Crippen LogP contribution is 2.31. The maximum Gasteiger partial charge on any atom is 0.387 e. The van der Waals surface area contributed by atoms with Crippen LogP contribution in [0.2, 0.25) is 0 Å². The van der Waals surface area contributed by atoms with Crippen LogP contribution >= 0.6 is 0 Å². The van der Waals surface area contributed by atoms with Crippen LogP contribution < -0.4 is 4.74 Å². The summed E-state index contributed by atoms with van der Waals surface area (Å²) in [5.41, 5.74) is 2.58. The van der Waals surface area contributed by atoms with Gasteiger partial charge in [0.1, 0.15) is 0 Å². The molecule has 0 saturated heterocycles. The molecular weight excluding hydrogens is 311 g/mol. The lowest BCUT2D eigenvalue weighted by molar-refractivity contribution is -0.141. The zero-order chi connectivity index (χ0) is 16.6. The van der Waals surface area contributed by atoms with Crippen molar-refractivity contribution in [2.75, 3.05) is 0 Å². The molecule has 0 spiro atoms. The lowest BCUT2D eigenvalue weighted by Crippen LogP contribution is -2.13. The molecule has 0 amide bonds. The molecule has 2 aromatic rings. The zero-order valence-electron chi connectivity index (χ0n) is 11.8. The van der Waals surface area contributed by atoms with Gasteiger partial charge in [0.2, 0.25) is 0 Å². The summed E-state index contributed by atoms with van der Waals surface area (Å²) in [6, 6.07) is 5.43. The minimum atomic E-state index is -3.09. The van der Waals surface area contributed by atoms with E-state index in [0.29, 0.717) is 24.0 Å². The van der Waals surface area contributed by atoms with Crippen molar-refractivity contribution in [2.24, 2.45) is 5.92 Å². The third-order valence-electron chi connectivity index (χ3n) is 3.80. The Morgan fingerprint density at radius 2 is 2.04 bits per heavy atom. The number of alkyl halides is 2. The van der Waals surface area contributed by atoms with E-state index < -0.39 is 30.1 Å². The molecule has 1 aromatic carbocycles. The van der Waals surface area contributed by atoms with E-state index in [1.54, 1.807) is 6.07 Å². The fourth-order valence-corrected chi connectivity index (χ4v) is 2.67. The Morgan fingerprint density at radius 1 is 1.26 bits per heavy atom. The van der Waals surface area contributed by atoms with Crippen molar-refractivity contribution in [3.8, 4) is 16.9 Å². The van der Waals surface area contributed by atoms with Crippen molar-refractivity contribution in [3.05, 3.63) is 47.5 Å². The van der Waals surface area contributed by atoms with Gasteiger partial charge < -0.3 is 9.84 Å². The van der Waals surface area contributed by atoms with Crippen molar-refractivity contribution in [2.45, 2.75) is 19.5 Å². The number of hydrogen-bond acceptors (Lipinski definition) is 3. The molecule has 1 unspecified atom stereocenters. The van der Waals surface area contributed by atoms with E-state index in [4.69, 9.17) is 5.11 Å². The summed E-state index contributed by atoms with van der Waals surface area (Å²) in [5.74, 6) is -2.79. The monoisotopic (exact) mass is 323 g/mol. The second-order valence-corrected chi connectivity index (χ2v) is 5.30. The zero-order valence-corrected chi connectivity index (χ0v) is 11.8. The van der Waals surface area contributed by atoms with Gasteiger partial charge in [-0.3, -0.25) is 9.78 Å². The van der Waals surface area contributed by atoms with Gasteiger partial charge in [-0.2, -0.15) is 8.78 Å². The van der Waals surface area contributed by atoms with Crippen molar-refractivity contribution in [1.29, 1.82) is 0 Å². The molecule has 120 valence electrons. The number of carboxylic acid groups (broad SMARTS) is 1. The normalized spacial score (nSPS) is 16.4. The highest BCUT2D eigenvalue weighted by molar-refractivity contribution is 5.73. The molecule has 1 heterocycles. The molecular formula is C16H12F3NO3. The third kappa shape index (κ3) is 3.13. The Bertz CT molecular complexity index is 764. The Hall–Kier alpha value is -2.57. The molecule has 0 saturated carbocycles. The van der Waals surface area contributed by atoms with Crippen LogP contribution in [0.25, 0.3) is 11.1 Å². The van der Waals surface area contributed by atoms with E-state index >= 15 is 0 Å². The summed E-state index contributed by atoms with van der Waals surface area (Å²) < 4.78 is 42.1. The summed E-state index contributed by atoms with van der Waals surface area (Å²) >= 11 is 0. The van der Waals surface area contributed by atoms with Crippen LogP contribution in [0.4, 0.5) is 13.2 Å². The number of pyridine rings is 1. The molecule has 3 rings (SSSR count).